The van der Waals surface area contributed by atoms with E-state index < -0.39 is 15.8 Å². The van der Waals surface area contributed by atoms with Crippen molar-refractivity contribution in [2.45, 2.75) is 30.0 Å². The Morgan fingerprint density at radius 3 is 2.61 bits per heavy atom. The molecule has 0 spiro atoms. The molecule has 2 unspecified atom stereocenters. The van der Waals surface area contributed by atoms with Gasteiger partial charge in [-0.2, -0.15) is 8.42 Å². The van der Waals surface area contributed by atoms with Gasteiger partial charge in [0.25, 0.3) is 10.1 Å². The van der Waals surface area contributed by atoms with Crippen molar-refractivity contribution in [1.29, 1.82) is 0 Å². The molecule has 6 heteroatoms. The largest absolute Gasteiger partial charge is 0.375 e. The van der Waals surface area contributed by atoms with E-state index in [0.717, 1.165) is 5.56 Å². The average molecular weight is 269 g/mol. The van der Waals surface area contributed by atoms with Crippen LogP contribution in [0.2, 0.25) is 0 Å². The molecule has 3 fully saturated rings. The van der Waals surface area contributed by atoms with Crippen molar-refractivity contribution >= 4 is 10.1 Å². The molecular weight excluding hydrogens is 254 g/mol. The molecule has 0 amide bonds. The summed E-state index contributed by atoms with van der Waals surface area (Å²) in [6, 6.07) is 6.83. The molecule has 3 heterocycles. The van der Waals surface area contributed by atoms with Gasteiger partial charge in [-0.1, -0.05) is 17.7 Å². The summed E-state index contributed by atoms with van der Waals surface area (Å²) in [4.78, 5) is 0.179. The Bertz CT molecular complexity index is 540. The molecule has 3 aliphatic heterocycles. The van der Waals surface area contributed by atoms with Crippen LogP contribution in [0.5, 0.6) is 0 Å². The van der Waals surface area contributed by atoms with Gasteiger partial charge in [-0.15, -0.1) is 0 Å². The third-order valence-electron chi connectivity index (χ3n) is 3.28. The van der Waals surface area contributed by atoms with Crippen LogP contribution in [0.1, 0.15) is 12.0 Å². The predicted molar refractivity (Wildman–Crippen MR) is 64.5 cm³/mol. The van der Waals surface area contributed by atoms with E-state index in [9.17, 15) is 8.42 Å². The molecule has 98 valence electrons. The summed E-state index contributed by atoms with van der Waals surface area (Å²) in [5.74, 6) is 0. The van der Waals surface area contributed by atoms with Crippen molar-refractivity contribution in [3.05, 3.63) is 29.8 Å². The lowest BCUT2D eigenvalue weighted by atomic mass is 9.92. The maximum Gasteiger partial charge on any atom is 0.298 e. The standard InChI is InChI=1S/C12H15NO4S/c1-9-2-4-11(5-3-9)18(14,15)17-12-6-10(13-12)7-16-8-12/h2-5,10,13H,6-8H2,1H3. The van der Waals surface area contributed by atoms with Crippen LogP contribution in [0.4, 0.5) is 0 Å². The van der Waals surface area contributed by atoms with Crippen LogP contribution in [-0.2, 0) is 19.0 Å². The molecule has 1 aromatic rings. The number of morpholine rings is 1. The van der Waals surface area contributed by atoms with Gasteiger partial charge in [0, 0.05) is 12.5 Å². The van der Waals surface area contributed by atoms with E-state index in [1.807, 2.05) is 6.92 Å². The maximum atomic E-state index is 12.1. The van der Waals surface area contributed by atoms with Crippen molar-refractivity contribution in [3.8, 4) is 0 Å². The number of benzene rings is 1. The number of ether oxygens (including phenoxy) is 1. The summed E-state index contributed by atoms with van der Waals surface area (Å²) in [6.45, 7) is 2.80. The summed E-state index contributed by atoms with van der Waals surface area (Å²) in [6.07, 6.45) is 0.679. The first-order valence-electron chi connectivity index (χ1n) is 5.87. The van der Waals surface area contributed by atoms with Gasteiger partial charge >= 0.3 is 0 Å². The van der Waals surface area contributed by atoms with Crippen LogP contribution < -0.4 is 5.32 Å². The van der Waals surface area contributed by atoms with Gasteiger partial charge in [0.1, 0.15) is 0 Å². The van der Waals surface area contributed by atoms with E-state index in [-0.39, 0.29) is 17.5 Å². The first-order chi connectivity index (χ1) is 8.49. The Morgan fingerprint density at radius 2 is 2.06 bits per heavy atom. The van der Waals surface area contributed by atoms with Gasteiger partial charge in [0.05, 0.1) is 18.1 Å². The Kier molecular flexibility index (Phi) is 2.71. The second-order valence-corrected chi connectivity index (χ2v) is 6.45. The van der Waals surface area contributed by atoms with E-state index in [1.165, 1.54) is 0 Å². The van der Waals surface area contributed by atoms with Crippen molar-refractivity contribution < 1.29 is 17.3 Å². The lowest BCUT2D eigenvalue weighted by Crippen LogP contribution is -2.72. The van der Waals surface area contributed by atoms with E-state index in [2.05, 4.69) is 5.32 Å². The zero-order chi connectivity index (χ0) is 12.8. The summed E-state index contributed by atoms with van der Waals surface area (Å²) >= 11 is 0. The molecule has 3 aliphatic rings. The van der Waals surface area contributed by atoms with Crippen molar-refractivity contribution in [2.24, 2.45) is 0 Å². The molecule has 5 nitrogen and oxygen atoms in total. The lowest BCUT2D eigenvalue weighted by Gasteiger charge is -2.51. The highest BCUT2D eigenvalue weighted by atomic mass is 32.2. The molecule has 0 aromatic heterocycles. The SMILES string of the molecule is Cc1ccc(S(=O)(=O)OC23COCC(C2)N3)cc1. The number of hydrogen-bond acceptors (Lipinski definition) is 5. The molecular formula is C12H15NO4S. The van der Waals surface area contributed by atoms with Crippen molar-refractivity contribution in [1.82, 2.24) is 5.32 Å². The van der Waals surface area contributed by atoms with Crippen LogP contribution in [0.3, 0.4) is 0 Å². The molecule has 0 radical (unpaired) electrons. The van der Waals surface area contributed by atoms with Crippen LogP contribution in [-0.4, -0.2) is 33.4 Å². The number of rotatable bonds is 3. The minimum Gasteiger partial charge on any atom is -0.375 e. The lowest BCUT2D eigenvalue weighted by molar-refractivity contribution is -0.172. The molecule has 1 N–H and O–H groups in total. The van der Waals surface area contributed by atoms with Gasteiger partial charge in [0.2, 0.25) is 0 Å². The molecule has 2 bridgehead atoms. The van der Waals surface area contributed by atoms with Gasteiger partial charge in [0.15, 0.2) is 5.72 Å². The zero-order valence-corrected chi connectivity index (χ0v) is 10.9. The number of hydrogen-bond donors (Lipinski definition) is 1. The topological polar surface area (TPSA) is 64.6 Å². The highest BCUT2D eigenvalue weighted by molar-refractivity contribution is 7.86. The van der Waals surface area contributed by atoms with Gasteiger partial charge in [-0.3, -0.25) is 5.32 Å². The van der Waals surface area contributed by atoms with Gasteiger partial charge < -0.3 is 4.74 Å². The van der Waals surface area contributed by atoms with Crippen LogP contribution >= 0.6 is 0 Å². The van der Waals surface area contributed by atoms with Crippen LogP contribution in [0, 0.1) is 6.92 Å². The second kappa shape index (κ2) is 4.03. The number of fused-ring (bicyclic) bond motifs is 2. The minimum absolute atomic E-state index is 0.179. The van der Waals surface area contributed by atoms with Crippen molar-refractivity contribution in [3.63, 3.8) is 0 Å². The third-order valence-corrected chi connectivity index (χ3v) is 4.66. The van der Waals surface area contributed by atoms with E-state index in [0.29, 0.717) is 13.0 Å². The van der Waals surface area contributed by atoms with Crippen LogP contribution in [0.25, 0.3) is 0 Å². The van der Waals surface area contributed by atoms with E-state index >= 15 is 0 Å². The fourth-order valence-corrected chi connectivity index (χ4v) is 3.51. The summed E-state index contributed by atoms with van der Waals surface area (Å²) in [5, 5.41) is 3.10. The smallest absolute Gasteiger partial charge is 0.298 e. The summed E-state index contributed by atoms with van der Waals surface area (Å²) in [5.41, 5.74) is 0.155. The quantitative estimate of drug-likeness (QED) is 0.822. The number of aryl methyl sites for hydroxylation is 1. The molecule has 3 saturated heterocycles. The molecule has 4 rings (SSSR count). The predicted octanol–water partition coefficient (Wildman–Crippen LogP) is 0.789. The molecule has 18 heavy (non-hydrogen) atoms. The van der Waals surface area contributed by atoms with Crippen LogP contribution in [0.15, 0.2) is 29.2 Å². The Morgan fingerprint density at radius 1 is 1.39 bits per heavy atom. The molecule has 2 atom stereocenters. The zero-order valence-electron chi connectivity index (χ0n) is 10.0. The Hall–Kier alpha value is -0.950. The molecule has 0 aliphatic carbocycles. The highest BCUT2D eigenvalue weighted by Gasteiger charge is 2.51. The Balaban J connectivity index is 1.81. The van der Waals surface area contributed by atoms with Gasteiger partial charge in [-0.25, -0.2) is 4.18 Å². The highest BCUT2D eigenvalue weighted by Crippen LogP contribution is 2.34. The normalized spacial score (nSPS) is 30.8. The third kappa shape index (κ3) is 2.05. The first-order valence-corrected chi connectivity index (χ1v) is 7.28. The number of nitrogens with one attached hydrogen (secondary N) is 1. The second-order valence-electron chi connectivity index (χ2n) is 4.91. The monoisotopic (exact) mass is 269 g/mol. The maximum absolute atomic E-state index is 12.1. The average Bonchev–Trinajstić information content (AvgIpc) is 2.28. The van der Waals surface area contributed by atoms with Crippen molar-refractivity contribution in [2.75, 3.05) is 13.2 Å². The summed E-state index contributed by atoms with van der Waals surface area (Å²) in [7, 11) is -3.74. The minimum atomic E-state index is -3.74. The Labute approximate surface area is 106 Å². The molecule has 0 saturated carbocycles. The fraction of sp³-hybridized carbons (Fsp3) is 0.500. The first kappa shape index (κ1) is 12.1. The van der Waals surface area contributed by atoms with Gasteiger partial charge in [-0.05, 0) is 19.1 Å². The fourth-order valence-electron chi connectivity index (χ4n) is 2.36. The molecule has 1 aromatic carbocycles. The van der Waals surface area contributed by atoms with E-state index in [1.54, 1.807) is 24.3 Å². The summed E-state index contributed by atoms with van der Waals surface area (Å²) < 4.78 is 34.8. The van der Waals surface area contributed by atoms with E-state index in [4.69, 9.17) is 8.92 Å².